The van der Waals surface area contributed by atoms with Crippen LogP contribution in [0.5, 0.6) is 0 Å². The smallest absolute Gasteiger partial charge is 0.317 e. The molecule has 1 fully saturated rings. The maximum absolute atomic E-state index is 12.3. The Labute approximate surface area is 121 Å². The van der Waals surface area contributed by atoms with E-state index in [0.29, 0.717) is 12.6 Å². The van der Waals surface area contributed by atoms with Crippen LogP contribution in [0.25, 0.3) is 0 Å². The van der Waals surface area contributed by atoms with E-state index in [2.05, 4.69) is 10.2 Å². The predicted octanol–water partition coefficient (Wildman–Crippen LogP) is 1.22. The molecule has 6 heteroatoms. The highest BCUT2D eigenvalue weighted by molar-refractivity contribution is 5.76. The number of carboxylic acids is 1. The molecule has 0 saturated carbocycles. The van der Waals surface area contributed by atoms with Crippen LogP contribution in [0.2, 0.25) is 0 Å². The molecule has 1 saturated heterocycles. The lowest BCUT2D eigenvalue weighted by atomic mass is 9.85. The summed E-state index contributed by atoms with van der Waals surface area (Å²) in [4.78, 5) is 27.1. The van der Waals surface area contributed by atoms with Crippen LogP contribution < -0.4 is 5.32 Å². The Morgan fingerprint density at radius 2 is 2.00 bits per heavy atom. The number of aliphatic carboxylic acids is 1. The van der Waals surface area contributed by atoms with Crippen LogP contribution in [-0.4, -0.2) is 66.2 Å². The first-order valence-electron chi connectivity index (χ1n) is 7.05. The van der Waals surface area contributed by atoms with Gasteiger partial charge in [0.25, 0.3) is 0 Å². The normalized spacial score (nSPS) is 21.1. The van der Waals surface area contributed by atoms with Crippen LogP contribution in [0, 0.1) is 5.41 Å². The third kappa shape index (κ3) is 4.67. The number of carboxylic acid groups (broad SMARTS) is 1. The van der Waals surface area contributed by atoms with Gasteiger partial charge in [0.15, 0.2) is 0 Å². The first kappa shape index (κ1) is 16.8. The van der Waals surface area contributed by atoms with Crippen molar-refractivity contribution >= 4 is 12.0 Å². The maximum atomic E-state index is 12.3. The second-order valence-electron chi connectivity index (χ2n) is 6.82. The number of carbonyl (C=O) groups excluding carboxylic acids is 1. The van der Waals surface area contributed by atoms with Gasteiger partial charge in [-0.3, -0.25) is 4.79 Å². The van der Waals surface area contributed by atoms with Gasteiger partial charge in [0.2, 0.25) is 0 Å². The van der Waals surface area contributed by atoms with Gasteiger partial charge in [-0.25, -0.2) is 4.79 Å². The molecule has 2 atom stereocenters. The van der Waals surface area contributed by atoms with Crippen LogP contribution in [0.15, 0.2) is 0 Å². The second kappa shape index (κ2) is 6.43. The van der Waals surface area contributed by atoms with Gasteiger partial charge in [0, 0.05) is 25.2 Å². The molecule has 0 radical (unpaired) electrons. The van der Waals surface area contributed by atoms with Gasteiger partial charge in [-0.05, 0) is 25.9 Å². The van der Waals surface area contributed by atoms with Crippen molar-refractivity contribution in [3.63, 3.8) is 0 Å². The number of urea groups is 1. The molecule has 116 valence electrons. The summed E-state index contributed by atoms with van der Waals surface area (Å²) in [5.74, 6) is -0.891. The summed E-state index contributed by atoms with van der Waals surface area (Å²) in [6.07, 6.45) is 0.903. The van der Waals surface area contributed by atoms with Crippen LogP contribution in [0.4, 0.5) is 4.79 Å². The van der Waals surface area contributed by atoms with Crippen molar-refractivity contribution in [2.45, 2.75) is 45.7 Å². The molecule has 0 aromatic heterocycles. The Balaban J connectivity index is 2.61. The summed E-state index contributed by atoms with van der Waals surface area (Å²) in [7, 11) is 4.02. The van der Waals surface area contributed by atoms with E-state index in [1.165, 1.54) is 0 Å². The molecular formula is C14H27N3O3. The molecule has 1 aliphatic heterocycles. The average molecular weight is 285 g/mol. The van der Waals surface area contributed by atoms with Crippen molar-refractivity contribution in [3.8, 4) is 0 Å². The van der Waals surface area contributed by atoms with Crippen LogP contribution in [0.1, 0.15) is 33.6 Å². The standard InChI is InChI=1S/C14H27N3O3/c1-14(2,3)11(8-12(18)19)15-13(20)17-7-6-10(9-17)16(4)5/h10-11H,6-9H2,1-5H3,(H,15,20)(H,18,19). The van der Waals surface area contributed by atoms with Gasteiger partial charge >= 0.3 is 12.0 Å². The van der Waals surface area contributed by atoms with Crippen molar-refractivity contribution in [3.05, 3.63) is 0 Å². The number of hydrogen-bond donors (Lipinski definition) is 2. The van der Waals surface area contributed by atoms with Gasteiger partial charge in [0.1, 0.15) is 0 Å². The summed E-state index contributed by atoms with van der Waals surface area (Å²) >= 11 is 0. The lowest BCUT2D eigenvalue weighted by Gasteiger charge is -2.32. The minimum atomic E-state index is -0.891. The van der Waals surface area contributed by atoms with Crippen molar-refractivity contribution in [2.75, 3.05) is 27.2 Å². The summed E-state index contributed by atoms with van der Waals surface area (Å²) in [5.41, 5.74) is -0.283. The molecule has 2 unspecified atom stereocenters. The highest BCUT2D eigenvalue weighted by Crippen LogP contribution is 2.23. The molecule has 6 nitrogen and oxygen atoms in total. The van der Waals surface area contributed by atoms with Gasteiger partial charge in [-0.2, -0.15) is 0 Å². The summed E-state index contributed by atoms with van der Waals surface area (Å²) < 4.78 is 0. The van der Waals surface area contributed by atoms with Gasteiger partial charge in [0.05, 0.1) is 6.42 Å². The number of nitrogens with zero attached hydrogens (tertiary/aromatic N) is 2. The summed E-state index contributed by atoms with van der Waals surface area (Å²) in [5, 5.41) is 11.8. The predicted molar refractivity (Wildman–Crippen MR) is 77.7 cm³/mol. The van der Waals surface area contributed by atoms with E-state index < -0.39 is 5.97 Å². The van der Waals surface area contributed by atoms with Gasteiger partial charge < -0.3 is 20.2 Å². The average Bonchev–Trinajstić information content (AvgIpc) is 2.75. The Kier molecular flexibility index (Phi) is 5.39. The quantitative estimate of drug-likeness (QED) is 0.814. The second-order valence-corrected chi connectivity index (χ2v) is 6.82. The van der Waals surface area contributed by atoms with E-state index in [4.69, 9.17) is 5.11 Å². The Hall–Kier alpha value is -1.30. The maximum Gasteiger partial charge on any atom is 0.317 e. The van der Waals surface area contributed by atoms with Crippen molar-refractivity contribution < 1.29 is 14.7 Å². The fourth-order valence-electron chi connectivity index (χ4n) is 2.34. The Morgan fingerprint density at radius 1 is 1.40 bits per heavy atom. The van der Waals surface area contributed by atoms with E-state index in [1.807, 2.05) is 34.9 Å². The fourth-order valence-corrected chi connectivity index (χ4v) is 2.34. The van der Waals surface area contributed by atoms with Crippen molar-refractivity contribution in [1.29, 1.82) is 0 Å². The molecule has 0 aliphatic carbocycles. The monoisotopic (exact) mass is 285 g/mol. The van der Waals surface area contributed by atoms with E-state index in [-0.39, 0.29) is 23.9 Å². The number of likely N-dealkylation sites (tertiary alicyclic amines) is 1. The molecule has 0 aromatic rings. The van der Waals surface area contributed by atoms with E-state index in [0.717, 1.165) is 13.0 Å². The summed E-state index contributed by atoms with van der Waals surface area (Å²) in [6.45, 7) is 7.23. The lowest BCUT2D eigenvalue weighted by Crippen LogP contribution is -2.50. The number of nitrogens with one attached hydrogen (secondary N) is 1. The lowest BCUT2D eigenvalue weighted by molar-refractivity contribution is -0.138. The first-order valence-corrected chi connectivity index (χ1v) is 7.05. The van der Waals surface area contributed by atoms with E-state index >= 15 is 0 Å². The number of amides is 2. The Bertz CT molecular complexity index is 363. The SMILES string of the molecule is CN(C)C1CCN(C(=O)NC(CC(=O)O)C(C)(C)C)C1. The zero-order valence-electron chi connectivity index (χ0n) is 13.1. The summed E-state index contributed by atoms with van der Waals surface area (Å²) in [6, 6.07) is -0.144. The molecular weight excluding hydrogens is 258 g/mol. The zero-order chi connectivity index (χ0) is 15.5. The first-order chi connectivity index (χ1) is 9.11. The molecule has 2 N–H and O–H groups in total. The Morgan fingerprint density at radius 3 is 2.40 bits per heavy atom. The minimum Gasteiger partial charge on any atom is -0.481 e. The molecule has 1 heterocycles. The number of carbonyl (C=O) groups is 2. The number of hydrogen-bond acceptors (Lipinski definition) is 3. The largest absolute Gasteiger partial charge is 0.481 e. The third-order valence-corrected chi connectivity index (χ3v) is 3.90. The van der Waals surface area contributed by atoms with Crippen molar-refractivity contribution in [1.82, 2.24) is 15.1 Å². The third-order valence-electron chi connectivity index (χ3n) is 3.90. The highest BCUT2D eigenvalue weighted by Gasteiger charge is 2.32. The molecule has 2 amide bonds. The van der Waals surface area contributed by atoms with Gasteiger partial charge in [-0.15, -0.1) is 0 Å². The molecule has 0 aromatic carbocycles. The minimum absolute atomic E-state index is 0.0554. The van der Waals surface area contributed by atoms with Crippen LogP contribution in [0.3, 0.4) is 0 Å². The van der Waals surface area contributed by atoms with Crippen molar-refractivity contribution in [2.24, 2.45) is 5.41 Å². The molecule has 1 rings (SSSR count). The fraction of sp³-hybridized carbons (Fsp3) is 0.857. The molecule has 20 heavy (non-hydrogen) atoms. The number of likely N-dealkylation sites (N-methyl/N-ethyl adjacent to an activating group) is 1. The molecule has 0 bridgehead atoms. The van der Waals surface area contributed by atoms with Crippen LogP contribution in [-0.2, 0) is 4.79 Å². The number of rotatable bonds is 4. The molecule has 1 aliphatic rings. The topological polar surface area (TPSA) is 72.9 Å². The molecule has 0 spiro atoms. The zero-order valence-corrected chi connectivity index (χ0v) is 13.1. The van der Waals surface area contributed by atoms with E-state index in [1.54, 1.807) is 4.90 Å². The van der Waals surface area contributed by atoms with E-state index in [9.17, 15) is 9.59 Å². The highest BCUT2D eigenvalue weighted by atomic mass is 16.4. The van der Waals surface area contributed by atoms with Gasteiger partial charge in [-0.1, -0.05) is 20.8 Å². The van der Waals surface area contributed by atoms with Crippen LogP contribution >= 0.6 is 0 Å².